The van der Waals surface area contributed by atoms with E-state index in [-0.39, 0.29) is 17.2 Å². The number of anilines is 1. The van der Waals surface area contributed by atoms with Crippen molar-refractivity contribution in [3.63, 3.8) is 0 Å². The van der Waals surface area contributed by atoms with Gasteiger partial charge in [0, 0.05) is 17.5 Å². The first-order chi connectivity index (χ1) is 14.6. The minimum absolute atomic E-state index is 0.113. The quantitative estimate of drug-likeness (QED) is 0.631. The van der Waals surface area contributed by atoms with Gasteiger partial charge in [-0.15, -0.1) is 0 Å². The molecule has 5 nitrogen and oxygen atoms in total. The molecule has 3 N–H and O–H groups in total. The summed E-state index contributed by atoms with van der Waals surface area (Å²) in [6.45, 7) is 0.519. The van der Waals surface area contributed by atoms with E-state index in [1.807, 2.05) is 42.5 Å². The number of carbonyl (C=O) groups excluding carboxylic acids is 2. The van der Waals surface area contributed by atoms with Crippen molar-refractivity contribution in [1.82, 2.24) is 10.7 Å². The van der Waals surface area contributed by atoms with Crippen molar-refractivity contribution >= 4 is 17.5 Å². The van der Waals surface area contributed by atoms with Crippen LogP contribution in [-0.2, 0) is 11.3 Å². The van der Waals surface area contributed by atoms with Crippen molar-refractivity contribution in [2.75, 3.05) is 5.43 Å². The predicted molar refractivity (Wildman–Crippen MR) is 116 cm³/mol. The number of hydrogen-bond donors (Lipinski definition) is 3. The zero-order valence-electron chi connectivity index (χ0n) is 17.2. The monoisotopic (exact) mass is 403 g/mol. The molecule has 0 atom stereocenters. The Bertz CT molecular complexity index is 888. The van der Waals surface area contributed by atoms with Crippen molar-refractivity contribution < 1.29 is 9.59 Å². The number of carbonyl (C=O) groups is 2. The third kappa shape index (κ3) is 3.81. The summed E-state index contributed by atoms with van der Waals surface area (Å²) in [6.07, 6.45) is 7.27. The molecule has 0 unspecified atom stereocenters. The van der Waals surface area contributed by atoms with E-state index in [0.717, 1.165) is 48.3 Å². The molecule has 0 spiro atoms. The third-order valence-corrected chi connectivity index (χ3v) is 7.28. The SMILES string of the molecule is O=C(NNc1ccccc1)c1ccc(CNC(=O)C23CC4CC(CC(C4)C2)C3)cc1. The van der Waals surface area contributed by atoms with Crippen LogP contribution in [0.25, 0.3) is 0 Å². The number of hydrogen-bond acceptors (Lipinski definition) is 3. The highest BCUT2D eigenvalue weighted by molar-refractivity contribution is 5.94. The number of para-hydroxylation sites is 1. The molecule has 6 rings (SSSR count). The highest BCUT2D eigenvalue weighted by atomic mass is 16.2. The summed E-state index contributed by atoms with van der Waals surface area (Å²) < 4.78 is 0. The standard InChI is InChI=1S/C25H29N3O2/c29-23(28-27-22-4-2-1-3-5-22)21-8-6-17(7-9-21)16-26-24(30)25-13-18-10-19(14-25)12-20(11-18)15-25/h1-9,18-20,27H,10-16H2,(H,26,30)(H,28,29). The normalized spacial score (nSPS) is 28.7. The second kappa shape index (κ2) is 7.78. The number of amides is 2. The molecule has 2 aromatic carbocycles. The highest BCUT2D eigenvalue weighted by Gasteiger charge is 2.54. The van der Waals surface area contributed by atoms with E-state index >= 15 is 0 Å². The van der Waals surface area contributed by atoms with Gasteiger partial charge in [-0.25, -0.2) is 0 Å². The molecule has 5 heteroatoms. The van der Waals surface area contributed by atoms with Crippen molar-refractivity contribution in [3.8, 4) is 0 Å². The Balaban J connectivity index is 1.15. The van der Waals surface area contributed by atoms with E-state index in [1.165, 1.54) is 19.3 Å². The number of benzene rings is 2. The van der Waals surface area contributed by atoms with Crippen LogP contribution >= 0.6 is 0 Å². The highest BCUT2D eigenvalue weighted by Crippen LogP contribution is 2.60. The summed E-state index contributed by atoms with van der Waals surface area (Å²) in [6, 6.07) is 16.9. The van der Waals surface area contributed by atoms with Crippen LogP contribution in [0.5, 0.6) is 0 Å². The molecular weight excluding hydrogens is 374 g/mol. The smallest absolute Gasteiger partial charge is 0.269 e. The summed E-state index contributed by atoms with van der Waals surface area (Å²) >= 11 is 0. The molecule has 4 aliphatic carbocycles. The first-order valence-electron chi connectivity index (χ1n) is 11.1. The zero-order chi connectivity index (χ0) is 20.6. The number of rotatable bonds is 6. The summed E-state index contributed by atoms with van der Waals surface area (Å²) in [5, 5.41) is 3.20. The van der Waals surface area contributed by atoms with Crippen molar-refractivity contribution in [3.05, 3.63) is 65.7 Å². The van der Waals surface area contributed by atoms with Crippen LogP contribution < -0.4 is 16.2 Å². The molecular formula is C25H29N3O2. The van der Waals surface area contributed by atoms with Gasteiger partial charge in [0.15, 0.2) is 0 Å². The summed E-state index contributed by atoms with van der Waals surface area (Å²) in [5.41, 5.74) is 7.91. The van der Waals surface area contributed by atoms with Crippen LogP contribution in [0.15, 0.2) is 54.6 Å². The molecule has 0 radical (unpaired) electrons. The van der Waals surface area contributed by atoms with Gasteiger partial charge in [-0.3, -0.25) is 20.4 Å². The summed E-state index contributed by atoms with van der Waals surface area (Å²) in [7, 11) is 0. The Morgan fingerprint density at radius 2 is 1.43 bits per heavy atom. The van der Waals surface area contributed by atoms with Gasteiger partial charge in [0.2, 0.25) is 5.91 Å². The molecule has 30 heavy (non-hydrogen) atoms. The van der Waals surface area contributed by atoms with Crippen molar-refractivity contribution in [2.24, 2.45) is 23.2 Å². The Morgan fingerprint density at radius 3 is 2.03 bits per heavy atom. The van der Waals surface area contributed by atoms with Gasteiger partial charge in [-0.2, -0.15) is 0 Å². The van der Waals surface area contributed by atoms with E-state index in [0.29, 0.717) is 12.1 Å². The Hall–Kier alpha value is -2.82. The molecule has 0 aromatic heterocycles. The fourth-order valence-electron chi connectivity index (χ4n) is 6.26. The fourth-order valence-corrected chi connectivity index (χ4v) is 6.26. The summed E-state index contributed by atoms with van der Waals surface area (Å²) in [5.74, 6) is 2.36. The van der Waals surface area contributed by atoms with E-state index in [1.54, 1.807) is 12.1 Å². The zero-order valence-corrected chi connectivity index (χ0v) is 17.2. The second-order valence-corrected chi connectivity index (χ2v) is 9.52. The topological polar surface area (TPSA) is 70.2 Å². The molecule has 0 heterocycles. The third-order valence-electron chi connectivity index (χ3n) is 7.28. The van der Waals surface area contributed by atoms with E-state index in [4.69, 9.17) is 0 Å². The van der Waals surface area contributed by atoms with Crippen LogP contribution in [0.4, 0.5) is 5.69 Å². The molecule has 4 aliphatic rings. The van der Waals surface area contributed by atoms with Crippen molar-refractivity contribution in [1.29, 1.82) is 0 Å². The van der Waals surface area contributed by atoms with Crippen LogP contribution in [0.1, 0.15) is 54.4 Å². The lowest BCUT2D eigenvalue weighted by molar-refractivity contribution is -0.146. The summed E-state index contributed by atoms with van der Waals surface area (Å²) in [4.78, 5) is 25.4. The Kier molecular flexibility index (Phi) is 4.97. The molecule has 4 fully saturated rings. The maximum Gasteiger partial charge on any atom is 0.269 e. The van der Waals surface area contributed by atoms with Gasteiger partial charge in [0.05, 0.1) is 5.69 Å². The molecule has 2 aromatic rings. The average molecular weight is 404 g/mol. The number of nitrogens with one attached hydrogen (secondary N) is 3. The number of hydrazine groups is 1. The Morgan fingerprint density at radius 1 is 0.833 bits per heavy atom. The van der Waals surface area contributed by atoms with Gasteiger partial charge in [0.25, 0.3) is 5.91 Å². The maximum absolute atomic E-state index is 13.1. The average Bonchev–Trinajstić information content (AvgIpc) is 2.76. The first kappa shape index (κ1) is 19.2. The second-order valence-electron chi connectivity index (χ2n) is 9.52. The first-order valence-corrected chi connectivity index (χ1v) is 11.1. The maximum atomic E-state index is 13.1. The van der Waals surface area contributed by atoms with E-state index in [2.05, 4.69) is 16.2 Å². The lowest BCUT2D eigenvalue weighted by Gasteiger charge is -2.55. The Labute approximate surface area is 177 Å². The predicted octanol–water partition coefficient (Wildman–Crippen LogP) is 4.28. The molecule has 0 aliphatic heterocycles. The largest absolute Gasteiger partial charge is 0.352 e. The molecule has 0 saturated heterocycles. The molecule has 4 bridgehead atoms. The van der Waals surface area contributed by atoms with Crippen LogP contribution in [0, 0.1) is 23.2 Å². The van der Waals surface area contributed by atoms with Crippen LogP contribution in [0.2, 0.25) is 0 Å². The lowest BCUT2D eigenvalue weighted by Crippen LogP contribution is -2.53. The van der Waals surface area contributed by atoms with E-state index < -0.39 is 0 Å². The van der Waals surface area contributed by atoms with Crippen molar-refractivity contribution in [2.45, 2.75) is 45.1 Å². The minimum Gasteiger partial charge on any atom is -0.352 e. The minimum atomic E-state index is -0.192. The van der Waals surface area contributed by atoms with E-state index in [9.17, 15) is 9.59 Å². The molecule has 4 saturated carbocycles. The molecule has 2 amide bonds. The van der Waals surface area contributed by atoms with Gasteiger partial charge >= 0.3 is 0 Å². The lowest BCUT2D eigenvalue weighted by atomic mass is 9.49. The van der Waals surface area contributed by atoms with Gasteiger partial charge in [0.1, 0.15) is 0 Å². The van der Waals surface area contributed by atoms with Gasteiger partial charge in [-0.1, -0.05) is 30.3 Å². The van der Waals surface area contributed by atoms with Gasteiger partial charge in [-0.05, 0) is 86.1 Å². The fraction of sp³-hybridized carbons (Fsp3) is 0.440. The van der Waals surface area contributed by atoms with Crippen LogP contribution in [-0.4, -0.2) is 11.8 Å². The van der Waals surface area contributed by atoms with Crippen LogP contribution in [0.3, 0.4) is 0 Å². The molecule has 156 valence electrons. The van der Waals surface area contributed by atoms with Gasteiger partial charge < -0.3 is 5.32 Å².